The third-order valence-electron chi connectivity index (χ3n) is 5.46. The van der Waals surface area contributed by atoms with Crippen molar-refractivity contribution >= 4 is 40.1 Å². The van der Waals surface area contributed by atoms with Crippen LogP contribution in [0.5, 0.6) is 0 Å². The Balaban J connectivity index is 1.61. The lowest BCUT2D eigenvalue weighted by Crippen LogP contribution is -2.26. The molecule has 0 bridgehead atoms. The first kappa shape index (κ1) is 17.5. The van der Waals surface area contributed by atoms with Gasteiger partial charge in [-0.15, -0.1) is 11.3 Å². The summed E-state index contributed by atoms with van der Waals surface area (Å²) in [6, 6.07) is 22.1. The summed E-state index contributed by atoms with van der Waals surface area (Å²) >= 11 is 7.73. The first-order chi connectivity index (χ1) is 13.7. The van der Waals surface area contributed by atoms with E-state index in [1.54, 1.807) is 0 Å². The Morgan fingerprint density at radius 1 is 0.893 bits per heavy atom. The van der Waals surface area contributed by atoms with Crippen LogP contribution in [0, 0.1) is 0 Å². The molecule has 3 nitrogen and oxygen atoms in total. The highest BCUT2D eigenvalue weighted by atomic mass is 35.5. The third-order valence-corrected chi connectivity index (χ3v) is 6.75. The number of allylic oxidation sites excluding steroid dienone is 1. The zero-order chi connectivity index (χ0) is 19.1. The molecule has 1 aliphatic heterocycles. The van der Waals surface area contributed by atoms with E-state index in [1.165, 1.54) is 16.9 Å². The molecule has 5 heteroatoms. The molecule has 0 saturated carbocycles. The lowest BCUT2D eigenvalue weighted by Gasteiger charge is -2.29. The van der Waals surface area contributed by atoms with E-state index < -0.39 is 0 Å². The Bertz CT molecular complexity index is 1070. The van der Waals surface area contributed by atoms with Crippen LogP contribution in [0.25, 0.3) is 0 Å². The summed E-state index contributed by atoms with van der Waals surface area (Å²) in [4.78, 5) is 14.4. The molecular weight excluding hydrogens is 388 g/mol. The van der Waals surface area contributed by atoms with Crippen molar-refractivity contribution in [3.63, 3.8) is 0 Å². The molecule has 0 unspecified atom stereocenters. The van der Waals surface area contributed by atoms with Crippen molar-refractivity contribution in [1.29, 1.82) is 0 Å². The molecule has 1 aromatic heterocycles. The molecule has 5 rings (SSSR count). The fraction of sp³-hybridized carbons (Fsp3) is 0.174. The molecular formula is C23H19ClN2OS. The maximum absolute atomic E-state index is 13.3. The molecule has 28 heavy (non-hydrogen) atoms. The zero-order valence-corrected chi connectivity index (χ0v) is 16.7. The van der Waals surface area contributed by atoms with E-state index in [9.17, 15) is 4.79 Å². The number of thiophene rings is 1. The second-order valence-electron chi connectivity index (χ2n) is 7.22. The van der Waals surface area contributed by atoms with Crippen LogP contribution < -0.4 is 10.6 Å². The average Bonchev–Trinajstić information content (AvgIpc) is 3.06. The highest BCUT2D eigenvalue weighted by Crippen LogP contribution is 2.45. The first-order valence-corrected chi connectivity index (χ1v) is 10.6. The van der Waals surface area contributed by atoms with Crippen molar-refractivity contribution in [2.45, 2.75) is 24.8 Å². The van der Waals surface area contributed by atoms with Gasteiger partial charge in [0.2, 0.25) is 0 Å². The minimum atomic E-state index is -0.187. The molecule has 140 valence electrons. The number of fused-ring (bicyclic) bond motifs is 1. The van der Waals surface area contributed by atoms with Crippen molar-refractivity contribution in [1.82, 2.24) is 0 Å². The van der Waals surface area contributed by atoms with Crippen LogP contribution in [-0.2, 0) is 4.79 Å². The summed E-state index contributed by atoms with van der Waals surface area (Å²) in [5.74, 6) is 0.384. The first-order valence-electron chi connectivity index (χ1n) is 9.38. The number of hydrogen-bond acceptors (Lipinski definition) is 4. The van der Waals surface area contributed by atoms with E-state index in [0.717, 1.165) is 38.3 Å². The smallest absolute Gasteiger partial charge is 0.163 e. The summed E-state index contributed by atoms with van der Waals surface area (Å²) < 4.78 is 0.731. The van der Waals surface area contributed by atoms with Crippen LogP contribution in [-0.4, -0.2) is 5.78 Å². The van der Waals surface area contributed by atoms with Crippen LogP contribution in [0.2, 0.25) is 4.34 Å². The molecule has 2 aromatic carbocycles. The second kappa shape index (κ2) is 7.12. The molecule has 2 N–H and O–H groups in total. The van der Waals surface area contributed by atoms with Crippen LogP contribution in [0.15, 0.2) is 78.0 Å². The topological polar surface area (TPSA) is 41.1 Å². The van der Waals surface area contributed by atoms with Gasteiger partial charge in [0.1, 0.15) is 0 Å². The highest BCUT2D eigenvalue weighted by Gasteiger charge is 2.36. The van der Waals surface area contributed by atoms with Gasteiger partial charge < -0.3 is 10.6 Å². The maximum atomic E-state index is 13.3. The van der Waals surface area contributed by atoms with Crippen LogP contribution >= 0.6 is 22.9 Å². The minimum absolute atomic E-state index is 0.187. The number of carbonyl (C=O) groups excluding carboxylic acids is 1. The molecule has 2 aliphatic rings. The average molecular weight is 407 g/mol. The van der Waals surface area contributed by atoms with Gasteiger partial charge in [-0.2, -0.15) is 0 Å². The number of ketones is 1. The monoisotopic (exact) mass is 406 g/mol. The maximum Gasteiger partial charge on any atom is 0.163 e. The minimum Gasteiger partial charge on any atom is -0.372 e. The van der Waals surface area contributed by atoms with Crippen LogP contribution in [0.3, 0.4) is 0 Å². The van der Waals surface area contributed by atoms with Gasteiger partial charge in [-0.3, -0.25) is 4.79 Å². The summed E-state index contributed by atoms with van der Waals surface area (Å²) in [5, 5.41) is 7.15. The Kier molecular flexibility index (Phi) is 4.46. The van der Waals surface area contributed by atoms with Gasteiger partial charge >= 0.3 is 0 Å². The molecule has 0 amide bonds. The predicted molar refractivity (Wildman–Crippen MR) is 116 cm³/mol. The van der Waals surface area contributed by atoms with Crippen LogP contribution in [0.1, 0.15) is 35.2 Å². The SMILES string of the molecule is O=C1C[C@H](c2ccccc2)CC2=C1[C@@H](c1ccc(Cl)s1)Nc1ccccc1N2. The van der Waals surface area contributed by atoms with E-state index in [1.807, 2.05) is 54.6 Å². The number of halogens is 1. The Morgan fingerprint density at radius 3 is 2.39 bits per heavy atom. The fourth-order valence-electron chi connectivity index (χ4n) is 4.15. The second-order valence-corrected chi connectivity index (χ2v) is 8.97. The predicted octanol–water partition coefficient (Wildman–Crippen LogP) is 6.38. The molecule has 3 aromatic rings. The van der Waals surface area contributed by atoms with Gasteiger partial charge in [0.25, 0.3) is 0 Å². The molecule has 0 radical (unpaired) electrons. The van der Waals surface area contributed by atoms with Gasteiger partial charge in [-0.05, 0) is 42.2 Å². The Labute approximate surface area is 173 Å². The number of hydrogen-bond donors (Lipinski definition) is 2. The zero-order valence-electron chi connectivity index (χ0n) is 15.1. The third kappa shape index (κ3) is 3.13. The Morgan fingerprint density at radius 2 is 1.64 bits per heavy atom. The van der Waals surface area contributed by atoms with Gasteiger partial charge in [-0.25, -0.2) is 0 Å². The molecule has 0 saturated heterocycles. The van der Waals surface area contributed by atoms with Crippen molar-refractivity contribution in [3.8, 4) is 0 Å². The normalized spacial score (nSPS) is 21.2. The number of carbonyl (C=O) groups is 1. The number of anilines is 2. The molecule has 2 heterocycles. The largest absolute Gasteiger partial charge is 0.372 e. The van der Waals surface area contributed by atoms with Crippen molar-refractivity contribution < 1.29 is 4.79 Å². The van der Waals surface area contributed by atoms with Gasteiger partial charge in [0.05, 0.1) is 21.8 Å². The van der Waals surface area contributed by atoms with Gasteiger partial charge in [0.15, 0.2) is 5.78 Å². The number of rotatable bonds is 2. The van der Waals surface area contributed by atoms with Crippen molar-refractivity contribution in [2.24, 2.45) is 0 Å². The number of Topliss-reactive ketones (excluding diaryl/α,β-unsaturated/α-hetero) is 1. The highest BCUT2D eigenvalue weighted by molar-refractivity contribution is 7.16. The van der Waals surface area contributed by atoms with E-state index in [4.69, 9.17) is 11.6 Å². The van der Waals surface area contributed by atoms with Crippen molar-refractivity contribution in [3.05, 3.63) is 92.8 Å². The van der Waals surface area contributed by atoms with E-state index in [2.05, 4.69) is 22.8 Å². The standard InChI is InChI=1S/C23H19ClN2OS/c24-21-11-10-20(28-21)23-22-18(25-16-8-4-5-9-17(16)26-23)12-15(13-19(22)27)14-6-2-1-3-7-14/h1-11,15,23,25-26H,12-13H2/t15-,23-/m1/s1. The number of nitrogens with one attached hydrogen (secondary N) is 2. The summed E-state index contributed by atoms with van der Waals surface area (Å²) in [6.45, 7) is 0. The summed E-state index contributed by atoms with van der Waals surface area (Å²) in [6.07, 6.45) is 1.34. The van der Waals surface area contributed by atoms with Crippen molar-refractivity contribution in [2.75, 3.05) is 10.6 Å². The lowest BCUT2D eigenvalue weighted by atomic mass is 9.79. The molecule has 1 aliphatic carbocycles. The van der Waals surface area contributed by atoms with Gasteiger partial charge in [-0.1, -0.05) is 54.1 Å². The summed E-state index contributed by atoms with van der Waals surface area (Å²) in [7, 11) is 0. The molecule has 0 fully saturated rings. The van der Waals surface area contributed by atoms with Crippen LogP contribution in [0.4, 0.5) is 11.4 Å². The number of benzene rings is 2. The Hall–Kier alpha value is -2.56. The number of para-hydroxylation sites is 2. The van der Waals surface area contributed by atoms with E-state index in [0.29, 0.717) is 6.42 Å². The molecule has 2 atom stereocenters. The van der Waals surface area contributed by atoms with E-state index in [-0.39, 0.29) is 17.7 Å². The fourth-order valence-corrected chi connectivity index (χ4v) is 5.27. The summed E-state index contributed by atoms with van der Waals surface area (Å²) in [5.41, 5.74) is 5.06. The lowest BCUT2D eigenvalue weighted by molar-refractivity contribution is -0.116. The van der Waals surface area contributed by atoms with Gasteiger partial charge in [0, 0.05) is 22.6 Å². The van der Waals surface area contributed by atoms with E-state index >= 15 is 0 Å². The molecule has 0 spiro atoms. The quantitative estimate of drug-likeness (QED) is 0.518.